The molecule has 144 valence electrons. The molecule has 0 saturated carbocycles. The number of amides is 1. The Morgan fingerprint density at radius 2 is 1.93 bits per heavy atom. The minimum absolute atomic E-state index is 0.0221. The van der Waals surface area contributed by atoms with Gasteiger partial charge in [-0.25, -0.2) is 8.78 Å². The molecule has 0 aliphatic rings. The number of anilines is 1. The average Bonchev–Trinajstić information content (AvgIpc) is 2.67. The summed E-state index contributed by atoms with van der Waals surface area (Å²) in [7, 11) is 1.39. The zero-order chi connectivity index (χ0) is 20.3. The van der Waals surface area contributed by atoms with Crippen LogP contribution in [0, 0.1) is 0 Å². The van der Waals surface area contributed by atoms with Crippen molar-refractivity contribution >= 4 is 11.6 Å². The highest BCUT2D eigenvalue weighted by atomic mass is 19.3. The first-order chi connectivity index (χ1) is 13.3. The minimum Gasteiger partial charge on any atom is -0.508 e. The summed E-state index contributed by atoms with van der Waals surface area (Å²) in [5, 5.41) is 12.1. The lowest BCUT2D eigenvalue weighted by atomic mass is 9.99. The van der Waals surface area contributed by atoms with Crippen molar-refractivity contribution in [2.24, 2.45) is 0 Å². The van der Waals surface area contributed by atoms with E-state index in [2.05, 4.69) is 10.3 Å². The van der Waals surface area contributed by atoms with E-state index < -0.39 is 11.8 Å². The van der Waals surface area contributed by atoms with Crippen molar-refractivity contribution in [2.45, 2.75) is 12.8 Å². The Hall–Kier alpha value is -3.48. The Morgan fingerprint density at radius 3 is 2.61 bits per heavy atom. The van der Waals surface area contributed by atoms with E-state index in [1.54, 1.807) is 12.1 Å². The van der Waals surface area contributed by atoms with Gasteiger partial charge in [0.25, 0.3) is 11.8 Å². The number of phenolic OH excluding ortho intramolecular Hbond substituents is 1. The molecule has 0 aliphatic heterocycles. The largest absolute Gasteiger partial charge is 0.508 e. The molecule has 2 N–H and O–H groups in total. The van der Waals surface area contributed by atoms with E-state index in [1.165, 1.54) is 55.8 Å². The number of hydrogen-bond donors (Lipinski definition) is 2. The van der Waals surface area contributed by atoms with E-state index in [1.807, 2.05) is 0 Å². The molecule has 0 fully saturated rings. The van der Waals surface area contributed by atoms with Gasteiger partial charge in [0.1, 0.15) is 11.5 Å². The number of aromatic nitrogens is 1. The van der Waals surface area contributed by atoms with E-state index in [0.29, 0.717) is 11.3 Å². The molecule has 28 heavy (non-hydrogen) atoms. The normalized spacial score (nSPS) is 11.1. The SMILES string of the molecule is COc1cc(C(=O)Nc2cccc(O)c2)ccc1-c1ncccc1C(C)(F)F. The maximum atomic E-state index is 14.0. The average molecular weight is 384 g/mol. The second-order valence-electron chi connectivity index (χ2n) is 6.21. The molecule has 0 aliphatic carbocycles. The molecule has 2 aromatic carbocycles. The van der Waals surface area contributed by atoms with Gasteiger partial charge in [-0.15, -0.1) is 0 Å². The van der Waals surface area contributed by atoms with Crippen molar-refractivity contribution in [1.29, 1.82) is 0 Å². The molecule has 1 amide bonds. The Balaban J connectivity index is 1.97. The van der Waals surface area contributed by atoms with Crippen LogP contribution in [0.5, 0.6) is 11.5 Å². The number of halogens is 2. The van der Waals surface area contributed by atoms with Crippen LogP contribution in [0.3, 0.4) is 0 Å². The third-order valence-electron chi connectivity index (χ3n) is 4.10. The van der Waals surface area contributed by atoms with E-state index >= 15 is 0 Å². The number of nitrogens with zero attached hydrogens (tertiary/aromatic N) is 1. The van der Waals surface area contributed by atoms with Gasteiger partial charge in [0.05, 0.1) is 12.8 Å². The molecule has 7 heteroatoms. The summed E-state index contributed by atoms with van der Waals surface area (Å²) in [5.74, 6) is -3.25. The van der Waals surface area contributed by atoms with Crippen LogP contribution >= 0.6 is 0 Å². The fourth-order valence-electron chi connectivity index (χ4n) is 2.79. The second kappa shape index (κ2) is 7.64. The van der Waals surface area contributed by atoms with Gasteiger partial charge < -0.3 is 15.2 Å². The zero-order valence-corrected chi connectivity index (χ0v) is 15.2. The van der Waals surface area contributed by atoms with Gasteiger partial charge in [0, 0.05) is 41.6 Å². The number of pyridine rings is 1. The second-order valence-corrected chi connectivity index (χ2v) is 6.21. The topological polar surface area (TPSA) is 71.5 Å². The van der Waals surface area contributed by atoms with Crippen molar-refractivity contribution in [2.75, 3.05) is 12.4 Å². The van der Waals surface area contributed by atoms with Crippen LogP contribution in [-0.2, 0) is 5.92 Å². The number of carbonyl (C=O) groups excluding carboxylic acids is 1. The predicted octanol–water partition coefficient (Wildman–Crippen LogP) is 4.83. The molecule has 1 heterocycles. The molecular weight excluding hydrogens is 366 g/mol. The van der Waals surface area contributed by atoms with Crippen LogP contribution in [0.2, 0.25) is 0 Å². The van der Waals surface area contributed by atoms with Crippen LogP contribution in [0.15, 0.2) is 60.8 Å². The minimum atomic E-state index is -3.08. The lowest BCUT2D eigenvalue weighted by molar-refractivity contribution is 0.0178. The van der Waals surface area contributed by atoms with Crippen molar-refractivity contribution in [3.8, 4) is 22.8 Å². The Labute approximate surface area is 160 Å². The Kier molecular flexibility index (Phi) is 5.26. The highest BCUT2D eigenvalue weighted by Gasteiger charge is 2.29. The number of carbonyl (C=O) groups is 1. The van der Waals surface area contributed by atoms with Crippen molar-refractivity contribution in [3.63, 3.8) is 0 Å². The Bertz CT molecular complexity index is 1020. The zero-order valence-electron chi connectivity index (χ0n) is 15.2. The fraction of sp³-hybridized carbons (Fsp3) is 0.143. The molecule has 1 aromatic heterocycles. The van der Waals surface area contributed by atoms with Crippen LogP contribution in [0.1, 0.15) is 22.8 Å². The number of rotatable bonds is 5. The third kappa shape index (κ3) is 4.09. The van der Waals surface area contributed by atoms with Gasteiger partial charge in [-0.2, -0.15) is 0 Å². The predicted molar refractivity (Wildman–Crippen MR) is 102 cm³/mol. The molecular formula is C21H18F2N2O3. The van der Waals surface area contributed by atoms with Gasteiger partial charge in [0.2, 0.25) is 0 Å². The smallest absolute Gasteiger partial charge is 0.272 e. The molecule has 3 aromatic rings. The molecule has 3 rings (SSSR count). The van der Waals surface area contributed by atoms with Gasteiger partial charge in [-0.05, 0) is 42.5 Å². The molecule has 0 bridgehead atoms. The molecule has 0 radical (unpaired) electrons. The van der Waals surface area contributed by atoms with Crippen LogP contribution in [0.25, 0.3) is 11.3 Å². The molecule has 5 nitrogen and oxygen atoms in total. The summed E-state index contributed by atoms with van der Waals surface area (Å²) < 4.78 is 33.2. The lowest BCUT2D eigenvalue weighted by Crippen LogP contribution is -2.13. The van der Waals surface area contributed by atoms with Crippen LogP contribution < -0.4 is 10.1 Å². The maximum absolute atomic E-state index is 14.0. The van der Waals surface area contributed by atoms with Crippen LogP contribution in [-0.4, -0.2) is 23.1 Å². The van der Waals surface area contributed by atoms with Crippen molar-refractivity contribution in [1.82, 2.24) is 4.98 Å². The number of methoxy groups -OCH3 is 1. The third-order valence-corrected chi connectivity index (χ3v) is 4.10. The number of phenols is 1. The number of nitrogens with one attached hydrogen (secondary N) is 1. The summed E-state index contributed by atoms with van der Waals surface area (Å²) in [6, 6.07) is 13.4. The number of ether oxygens (including phenoxy) is 1. The molecule has 0 spiro atoms. The first-order valence-electron chi connectivity index (χ1n) is 8.41. The number of hydrogen-bond acceptors (Lipinski definition) is 4. The Morgan fingerprint density at radius 1 is 1.14 bits per heavy atom. The summed E-state index contributed by atoms with van der Waals surface area (Å²) in [4.78, 5) is 16.6. The molecule has 0 atom stereocenters. The molecule has 0 unspecified atom stereocenters. The summed E-state index contributed by atoms with van der Waals surface area (Å²) >= 11 is 0. The monoisotopic (exact) mass is 384 g/mol. The number of aromatic hydroxyl groups is 1. The van der Waals surface area contributed by atoms with Crippen LogP contribution in [0.4, 0.5) is 14.5 Å². The van der Waals surface area contributed by atoms with E-state index in [0.717, 1.165) is 6.92 Å². The van der Waals surface area contributed by atoms with Crippen molar-refractivity contribution < 1.29 is 23.4 Å². The molecule has 0 saturated heterocycles. The van der Waals surface area contributed by atoms with Crippen molar-refractivity contribution in [3.05, 3.63) is 71.9 Å². The lowest BCUT2D eigenvalue weighted by Gasteiger charge is -2.17. The first kappa shape index (κ1) is 19.3. The van der Waals surface area contributed by atoms with Gasteiger partial charge in [-0.1, -0.05) is 6.07 Å². The number of alkyl halides is 2. The highest BCUT2D eigenvalue weighted by Crippen LogP contribution is 2.38. The van der Waals surface area contributed by atoms with Gasteiger partial charge in [-0.3, -0.25) is 9.78 Å². The summed E-state index contributed by atoms with van der Waals surface area (Å²) in [5.41, 5.74) is 0.904. The van der Waals surface area contributed by atoms with Gasteiger partial charge in [0.15, 0.2) is 0 Å². The standard InChI is InChI=1S/C21H18F2N2O3/c1-21(22,23)17-7-4-10-24-19(17)16-9-8-13(11-18(16)28-2)20(27)25-14-5-3-6-15(26)12-14/h3-12,26H,1-2H3,(H,25,27). The maximum Gasteiger partial charge on any atom is 0.272 e. The van der Waals surface area contributed by atoms with Gasteiger partial charge >= 0.3 is 0 Å². The quantitative estimate of drug-likeness (QED) is 0.661. The van der Waals surface area contributed by atoms with E-state index in [9.17, 15) is 18.7 Å². The first-order valence-corrected chi connectivity index (χ1v) is 8.41. The fourth-order valence-corrected chi connectivity index (χ4v) is 2.79. The van der Waals surface area contributed by atoms with E-state index in [4.69, 9.17) is 4.74 Å². The number of benzene rings is 2. The summed E-state index contributed by atoms with van der Waals surface area (Å²) in [6.45, 7) is 0.803. The highest BCUT2D eigenvalue weighted by molar-refractivity contribution is 6.05. The summed E-state index contributed by atoms with van der Waals surface area (Å²) in [6.07, 6.45) is 1.42. The van der Waals surface area contributed by atoms with E-state index in [-0.39, 0.29) is 28.3 Å².